The number of rotatable bonds is 9. The average molecular weight is 489 g/mol. The van der Waals surface area contributed by atoms with E-state index in [1.165, 1.54) is 17.7 Å². The first-order valence-corrected chi connectivity index (χ1v) is 12.4. The molecule has 2 aromatic carbocycles. The third-order valence-corrected chi connectivity index (χ3v) is 6.58. The van der Waals surface area contributed by atoms with Crippen LogP contribution >= 0.6 is 0 Å². The minimum absolute atomic E-state index is 0.182. The van der Waals surface area contributed by atoms with E-state index >= 15 is 0 Å². The van der Waals surface area contributed by atoms with Gasteiger partial charge in [-0.1, -0.05) is 30.3 Å². The van der Waals surface area contributed by atoms with Gasteiger partial charge in [0.25, 0.3) is 5.91 Å². The zero-order valence-electron chi connectivity index (χ0n) is 20.0. The maximum atomic E-state index is 13.3. The van der Waals surface area contributed by atoms with Crippen LogP contribution < -0.4 is 15.5 Å². The van der Waals surface area contributed by atoms with Crippen molar-refractivity contribution < 1.29 is 14.0 Å². The van der Waals surface area contributed by atoms with Crippen molar-refractivity contribution >= 4 is 29.3 Å². The van der Waals surface area contributed by atoms with Crippen LogP contribution in [0.25, 0.3) is 0 Å². The molecule has 0 unspecified atom stereocenters. The van der Waals surface area contributed by atoms with Crippen molar-refractivity contribution in [3.05, 3.63) is 77.2 Å². The zero-order valence-corrected chi connectivity index (χ0v) is 20.0. The van der Waals surface area contributed by atoms with E-state index in [0.717, 1.165) is 37.2 Å². The van der Waals surface area contributed by atoms with Gasteiger partial charge in [-0.15, -0.1) is 0 Å². The highest BCUT2D eigenvalue weighted by Gasteiger charge is 2.24. The van der Waals surface area contributed by atoms with Gasteiger partial charge in [0.05, 0.1) is 0 Å². The van der Waals surface area contributed by atoms with Gasteiger partial charge in [0, 0.05) is 51.0 Å². The van der Waals surface area contributed by atoms with Crippen molar-refractivity contribution in [3.63, 3.8) is 0 Å². The van der Waals surface area contributed by atoms with Gasteiger partial charge in [0.2, 0.25) is 11.9 Å². The second-order valence-corrected chi connectivity index (χ2v) is 9.04. The lowest BCUT2D eigenvalue weighted by Gasteiger charge is -2.19. The standard InChI is InChI=1S/C27H29FN6O2/c28-21-10-8-19(9-11-21)17-30-25-22(26(36)29-13-4-15-33-14-3-7-24(33)35)18-31-27(32-25)34-16-12-20-5-1-2-6-23(20)34/h1-2,5-6,8-11,18H,3-4,7,12-17H2,(H,29,36)(H,30,31,32). The molecule has 3 heterocycles. The molecule has 2 aliphatic heterocycles. The van der Waals surface area contributed by atoms with E-state index < -0.39 is 0 Å². The molecule has 5 rings (SSSR count). The third kappa shape index (κ3) is 5.30. The molecule has 1 saturated heterocycles. The fraction of sp³-hybridized carbons (Fsp3) is 0.333. The minimum atomic E-state index is -0.300. The predicted molar refractivity (Wildman–Crippen MR) is 136 cm³/mol. The maximum Gasteiger partial charge on any atom is 0.256 e. The van der Waals surface area contributed by atoms with Crippen LogP contribution in [0.3, 0.4) is 0 Å². The molecule has 0 aliphatic carbocycles. The molecule has 1 fully saturated rings. The number of aromatic nitrogens is 2. The summed E-state index contributed by atoms with van der Waals surface area (Å²) in [7, 11) is 0. The Morgan fingerprint density at radius 1 is 1.06 bits per heavy atom. The molecule has 2 aliphatic rings. The van der Waals surface area contributed by atoms with Crippen molar-refractivity contribution in [2.24, 2.45) is 0 Å². The lowest BCUT2D eigenvalue weighted by molar-refractivity contribution is -0.127. The van der Waals surface area contributed by atoms with Crippen LogP contribution in [0.5, 0.6) is 0 Å². The Morgan fingerprint density at radius 2 is 1.89 bits per heavy atom. The van der Waals surface area contributed by atoms with E-state index in [2.05, 4.69) is 21.7 Å². The van der Waals surface area contributed by atoms with Gasteiger partial charge in [-0.05, 0) is 48.6 Å². The number of nitrogens with one attached hydrogen (secondary N) is 2. The molecule has 3 aromatic rings. The maximum absolute atomic E-state index is 13.3. The first-order valence-electron chi connectivity index (χ1n) is 12.4. The van der Waals surface area contributed by atoms with Gasteiger partial charge >= 0.3 is 0 Å². The smallest absolute Gasteiger partial charge is 0.256 e. The Labute approximate surface area is 209 Å². The summed E-state index contributed by atoms with van der Waals surface area (Å²) in [6.45, 7) is 3.02. The lowest BCUT2D eigenvalue weighted by Crippen LogP contribution is -2.31. The second-order valence-electron chi connectivity index (χ2n) is 9.04. The van der Waals surface area contributed by atoms with Gasteiger partial charge in [-0.25, -0.2) is 9.37 Å². The molecule has 2 N–H and O–H groups in total. The summed E-state index contributed by atoms with van der Waals surface area (Å²) in [5, 5.41) is 6.17. The highest BCUT2D eigenvalue weighted by Crippen LogP contribution is 2.33. The Morgan fingerprint density at radius 3 is 2.69 bits per heavy atom. The van der Waals surface area contributed by atoms with Gasteiger partial charge in [0.15, 0.2) is 0 Å². The monoisotopic (exact) mass is 488 g/mol. The summed E-state index contributed by atoms with van der Waals surface area (Å²) in [5.74, 6) is 0.539. The number of benzene rings is 2. The largest absolute Gasteiger partial charge is 0.365 e. The number of carbonyl (C=O) groups is 2. The fourth-order valence-electron chi connectivity index (χ4n) is 4.65. The number of likely N-dealkylation sites (tertiary alicyclic amines) is 1. The summed E-state index contributed by atoms with van der Waals surface area (Å²) in [4.78, 5) is 38.0. The third-order valence-electron chi connectivity index (χ3n) is 6.58. The molecule has 0 spiro atoms. The molecule has 8 nitrogen and oxygen atoms in total. The number of amides is 2. The highest BCUT2D eigenvalue weighted by atomic mass is 19.1. The second kappa shape index (κ2) is 10.7. The molecule has 0 radical (unpaired) electrons. The Balaban J connectivity index is 1.31. The Hall–Kier alpha value is -4.01. The number of hydrogen-bond donors (Lipinski definition) is 2. The molecule has 0 saturated carbocycles. The molecule has 186 valence electrons. The summed E-state index contributed by atoms with van der Waals surface area (Å²) in [6.07, 6.45) is 4.65. The average Bonchev–Trinajstić information content (AvgIpc) is 3.52. The summed E-state index contributed by atoms with van der Waals surface area (Å²) in [6, 6.07) is 14.4. The van der Waals surface area contributed by atoms with Crippen LogP contribution in [0.4, 0.5) is 21.8 Å². The lowest BCUT2D eigenvalue weighted by atomic mass is 10.2. The van der Waals surface area contributed by atoms with E-state index in [1.807, 2.05) is 28.0 Å². The molecular formula is C27H29FN6O2. The van der Waals surface area contributed by atoms with Crippen LogP contribution in [0.15, 0.2) is 54.7 Å². The normalized spacial score (nSPS) is 14.8. The SMILES string of the molecule is O=C(NCCCN1CCCC1=O)c1cnc(N2CCc3ccccc32)nc1NCc1ccc(F)cc1. The van der Waals surface area contributed by atoms with Crippen LogP contribution in [-0.2, 0) is 17.8 Å². The number of hydrogen-bond acceptors (Lipinski definition) is 6. The highest BCUT2D eigenvalue weighted by molar-refractivity contribution is 5.98. The number of para-hydroxylation sites is 1. The number of fused-ring (bicyclic) bond motifs is 1. The predicted octanol–water partition coefficient (Wildman–Crippen LogP) is 3.66. The Bertz CT molecular complexity index is 1250. The van der Waals surface area contributed by atoms with Crippen LogP contribution in [-0.4, -0.2) is 52.9 Å². The van der Waals surface area contributed by atoms with Crippen molar-refractivity contribution in [3.8, 4) is 0 Å². The topological polar surface area (TPSA) is 90.5 Å². The van der Waals surface area contributed by atoms with Gasteiger partial charge in [0.1, 0.15) is 17.2 Å². The molecule has 2 amide bonds. The van der Waals surface area contributed by atoms with E-state index in [9.17, 15) is 14.0 Å². The molecule has 9 heteroatoms. The van der Waals surface area contributed by atoms with Crippen molar-refractivity contribution in [2.75, 3.05) is 36.4 Å². The van der Waals surface area contributed by atoms with Gasteiger partial charge in [-0.3, -0.25) is 9.59 Å². The number of carbonyl (C=O) groups excluding carboxylic acids is 2. The number of halogens is 1. The molecule has 0 bridgehead atoms. The summed E-state index contributed by atoms with van der Waals surface area (Å²) < 4.78 is 13.3. The molecule has 0 atom stereocenters. The number of nitrogens with zero attached hydrogens (tertiary/aromatic N) is 4. The fourth-order valence-corrected chi connectivity index (χ4v) is 4.65. The molecule has 36 heavy (non-hydrogen) atoms. The van der Waals surface area contributed by atoms with Crippen molar-refractivity contribution in [1.82, 2.24) is 20.2 Å². The van der Waals surface area contributed by atoms with Crippen LogP contribution in [0.1, 0.15) is 40.7 Å². The minimum Gasteiger partial charge on any atom is -0.365 e. The van der Waals surface area contributed by atoms with E-state index in [4.69, 9.17) is 4.98 Å². The van der Waals surface area contributed by atoms with Crippen LogP contribution in [0, 0.1) is 5.82 Å². The first-order chi connectivity index (χ1) is 17.6. The van der Waals surface area contributed by atoms with Crippen molar-refractivity contribution in [2.45, 2.75) is 32.2 Å². The number of anilines is 3. The molecular weight excluding hydrogens is 459 g/mol. The zero-order chi connectivity index (χ0) is 24.9. The van der Waals surface area contributed by atoms with E-state index in [0.29, 0.717) is 49.8 Å². The van der Waals surface area contributed by atoms with Gasteiger partial charge < -0.3 is 20.4 Å². The van der Waals surface area contributed by atoms with Gasteiger partial charge in [-0.2, -0.15) is 4.98 Å². The summed E-state index contributed by atoms with van der Waals surface area (Å²) in [5.41, 5.74) is 3.51. The van der Waals surface area contributed by atoms with E-state index in [-0.39, 0.29) is 17.6 Å². The Kier molecular flexibility index (Phi) is 7.06. The molecule has 1 aromatic heterocycles. The summed E-state index contributed by atoms with van der Waals surface area (Å²) >= 11 is 0. The quantitative estimate of drug-likeness (QED) is 0.447. The van der Waals surface area contributed by atoms with Crippen molar-refractivity contribution in [1.29, 1.82) is 0 Å². The first kappa shape index (κ1) is 23.7. The van der Waals surface area contributed by atoms with E-state index in [1.54, 1.807) is 18.3 Å². The van der Waals surface area contributed by atoms with Crippen LogP contribution in [0.2, 0.25) is 0 Å².